The molecule has 5 nitrogen and oxygen atoms in total. The Morgan fingerprint density at radius 2 is 2.00 bits per heavy atom. The quantitative estimate of drug-likeness (QED) is 0.881. The van der Waals surface area contributed by atoms with Gasteiger partial charge in [-0.25, -0.2) is 0 Å². The third-order valence-corrected chi connectivity index (χ3v) is 4.45. The van der Waals surface area contributed by atoms with Crippen LogP contribution in [0.4, 0.5) is 5.69 Å². The lowest BCUT2D eigenvalue weighted by atomic mass is 10.1. The van der Waals surface area contributed by atoms with E-state index in [0.29, 0.717) is 0 Å². The van der Waals surface area contributed by atoms with Crippen molar-refractivity contribution < 1.29 is 0 Å². The number of nitrogens with zero attached hydrogens (tertiary/aromatic N) is 4. The Labute approximate surface area is 115 Å². The summed E-state index contributed by atoms with van der Waals surface area (Å²) in [6, 6.07) is 0.794. The fourth-order valence-corrected chi connectivity index (χ4v) is 3.34. The lowest BCUT2D eigenvalue weighted by Crippen LogP contribution is -2.41. The highest BCUT2D eigenvalue weighted by Gasteiger charge is 2.27. The molecule has 1 atom stereocenters. The average molecular weight is 263 g/mol. The van der Waals surface area contributed by atoms with E-state index in [0.717, 1.165) is 24.8 Å². The Balaban J connectivity index is 1.43. The lowest BCUT2D eigenvalue weighted by molar-refractivity contribution is 0.161. The summed E-state index contributed by atoms with van der Waals surface area (Å²) < 4.78 is 1.95. The van der Waals surface area contributed by atoms with Crippen LogP contribution in [0.3, 0.4) is 0 Å². The Bertz CT molecular complexity index is 396. The molecule has 19 heavy (non-hydrogen) atoms. The van der Waals surface area contributed by atoms with E-state index in [-0.39, 0.29) is 0 Å². The first-order valence-electron chi connectivity index (χ1n) is 7.55. The molecule has 0 amide bonds. The smallest absolute Gasteiger partial charge is 0.0719 e. The van der Waals surface area contributed by atoms with E-state index in [1.807, 2.05) is 10.9 Å². The SMILES string of the molecule is Nc1cnn(CCN2CCC(N3CCCCC3)C2)c1. The minimum Gasteiger partial charge on any atom is -0.396 e. The number of hydrogen-bond acceptors (Lipinski definition) is 4. The van der Waals surface area contributed by atoms with Crippen LogP contribution in [-0.4, -0.2) is 58.3 Å². The topological polar surface area (TPSA) is 50.3 Å². The first-order valence-corrected chi connectivity index (χ1v) is 7.55. The van der Waals surface area contributed by atoms with Crippen LogP contribution in [-0.2, 0) is 6.54 Å². The summed E-state index contributed by atoms with van der Waals surface area (Å²) in [5.74, 6) is 0. The van der Waals surface area contributed by atoms with E-state index >= 15 is 0 Å². The van der Waals surface area contributed by atoms with Crippen LogP contribution in [0.1, 0.15) is 25.7 Å². The molecule has 0 bridgehead atoms. The van der Waals surface area contributed by atoms with Gasteiger partial charge in [0.1, 0.15) is 0 Å². The summed E-state index contributed by atoms with van der Waals surface area (Å²) in [5, 5.41) is 4.24. The monoisotopic (exact) mass is 263 g/mol. The molecule has 3 rings (SSSR count). The maximum absolute atomic E-state index is 5.68. The van der Waals surface area contributed by atoms with Crippen LogP contribution in [0, 0.1) is 0 Å². The van der Waals surface area contributed by atoms with Crippen molar-refractivity contribution in [2.45, 2.75) is 38.3 Å². The van der Waals surface area contributed by atoms with Gasteiger partial charge in [0, 0.05) is 25.3 Å². The molecule has 0 radical (unpaired) electrons. The average Bonchev–Trinajstić information content (AvgIpc) is 3.06. The summed E-state index contributed by atoms with van der Waals surface area (Å²) in [6.45, 7) is 7.13. The molecule has 2 aliphatic rings. The van der Waals surface area contributed by atoms with Gasteiger partial charge in [-0.15, -0.1) is 0 Å². The van der Waals surface area contributed by atoms with Gasteiger partial charge >= 0.3 is 0 Å². The third-order valence-electron chi connectivity index (χ3n) is 4.45. The number of nitrogens with two attached hydrogens (primary N) is 1. The van der Waals surface area contributed by atoms with Crippen molar-refractivity contribution in [1.82, 2.24) is 19.6 Å². The highest BCUT2D eigenvalue weighted by molar-refractivity contribution is 5.30. The van der Waals surface area contributed by atoms with Gasteiger partial charge in [-0.2, -0.15) is 5.10 Å². The van der Waals surface area contributed by atoms with E-state index in [1.165, 1.54) is 51.9 Å². The largest absolute Gasteiger partial charge is 0.396 e. The maximum atomic E-state index is 5.68. The highest BCUT2D eigenvalue weighted by atomic mass is 15.3. The number of piperidine rings is 1. The third kappa shape index (κ3) is 3.28. The molecule has 0 aliphatic carbocycles. The number of anilines is 1. The highest BCUT2D eigenvalue weighted by Crippen LogP contribution is 2.20. The van der Waals surface area contributed by atoms with Crippen molar-refractivity contribution in [1.29, 1.82) is 0 Å². The zero-order chi connectivity index (χ0) is 13.1. The van der Waals surface area contributed by atoms with Crippen molar-refractivity contribution in [3.63, 3.8) is 0 Å². The van der Waals surface area contributed by atoms with E-state index in [2.05, 4.69) is 14.9 Å². The van der Waals surface area contributed by atoms with Crippen LogP contribution < -0.4 is 5.73 Å². The standard InChI is InChI=1S/C14H25N5/c15-13-10-16-19(11-13)9-8-17-7-4-14(12-17)18-5-2-1-3-6-18/h10-11,14H,1-9,12,15H2. The first-order chi connectivity index (χ1) is 9.31. The molecule has 3 heterocycles. The van der Waals surface area contributed by atoms with Crippen LogP contribution >= 0.6 is 0 Å². The molecule has 1 aromatic rings. The minimum atomic E-state index is 0.757. The second kappa shape index (κ2) is 5.92. The molecule has 2 saturated heterocycles. The molecule has 1 unspecified atom stereocenters. The van der Waals surface area contributed by atoms with Crippen LogP contribution in [0.25, 0.3) is 0 Å². The maximum Gasteiger partial charge on any atom is 0.0719 e. The van der Waals surface area contributed by atoms with E-state index in [1.54, 1.807) is 6.20 Å². The van der Waals surface area contributed by atoms with Gasteiger partial charge in [-0.05, 0) is 38.9 Å². The number of rotatable bonds is 4. The van der Waals surface area contributed by atoms with Crippen molar-refractivity contribution >= 4 is 5.69 Å². The molecule has 2 fully saturated rings. The van der Waals surface area contributed by atoms with Crippen molar-refractivity contribution in [3.8, 4) is 0 Å². The summed E-state index contributed by atoms with van der Waals surface area (Å²) in [7, 11) is 0. The summed E-state index contributed by atoms with van der Waals surface area (Å²) >= 11 is 0. The summed E-state index contributed by atoms with van der Waals surface area (Å²) in [6.07, 6.45) is 9.18. The van der Waals surface area contributed by atoms with E-state index in [9.17, 15) is 0 Å². The molecule has 1 aromatic heterocycles. The predicted octanol–water partition coefficient (Wildman–Crippen LogP) is 1.03. The van der Waals surface area contributed by atoms with Gasteiger partial charge in [0.05, 0.1) is 18.4 Å². The zero-order valence-corrected chi connectivity index (χ0v) is 11.7. The Morgan fingerprint density at radius 3 is 2.74 bits per heavy atom. The summed E-state index contributed by atoms with van der Waals surface area (Å²) in [5.41, 5.74) is 6.44. The fourth-order valence-electron chi connectivity index (χ4n) is 3.34. The number of aromatic nitrogens is 2. The first kappa shape index (κ1) is 12.9. The number of nitrogen functional groups attached to an aromatic ring is 1. The predicted molar refractivity (Wildman–Crippen MR) is 76.9 cm³/mol. The molecule has 0 saturated carbocycles. The molecule has 2 aliphatic heterocycles. The van der Waals surface area contributed by atoms with Crippen LogP contribution in [0.5, 0.6) is 0 Å². The Hall–Kier alpha value is -1.07. The second-order valence-corrected chi connectivity index (χ2v) is 5.88. The molecular formula is C14H25N5. The minimum absolute atomic E-state index is 0.757. The van der Waals surface area contributed by atoms with E-state index in [4.69, 9.17) is 5.73 Å². The Kier molecular flexibility index (Phi) is 4.03. The van der Waals surface area contributed by atoms with Crippen molar-refractivity contribution in [2.75, 3.05) is 38.5 Å². The number of hydrogen-bond donors (Lipinski definition) is 1. The van der Waals surface area contributed by atoms with Crippen molar-refractivity contribution in [2.24, 2.45) is 0 Å². The molecule has 106 valence electrons. The fraction of sp³-hybridized carbons (Fsp3) is 0.786. The van der Waals surface area contributed by atoms with Crippen molar-refractivity contribution in [3.05, 3.63) is 12.4 Å². The van der Waals surface area contributed by atoms with Gasteiger partial charge in [-0.1, -0.05) is 6.42 Å². The van der Waals surface area contributed by atoms with Crippen LogP contribution in [0.15, 0.2) is 12.4 Å². The molecule has 0 aromatic carbocycles. The van der Waals surface area contributed by atoms with E-state index < -0.39 is 0 Å². The zero-order valence-electron chi connectivity index (χ0n) is 11.7. The summed E-state index contributed by atoms with van der Waals surface area (Å²) in [4.78, 5) is 5.27. The molecular weight excluding hydrogens is 238 g/mol. The Morgan fingerprint density at radius 1 is 1.16 bits per heavy atom. The number of likely N-dealkylation sites (tertiary alicyclic amines) is 2. The van der Waals surface area contributed by atoms with Crippen LogP contribution in [0.2, 0.25) is 0 Å². The van der Waals surface area contributed by atoms with Gasteiger partial charge in [0.2, 0.25) is 0 Å². The molecule has 2 N–H and O–H groups in total. The lowest BCUT2D eigenvalue weighted by Gasteiger charge is -2.32. The van der Waals surface area contributed by atoms with Gasteiger partial charge in [0.25, 0.3) is 0 Å². The van der Waals surface area contributed by atoms with Gasteiger partial charge in [0.15, 0.2) is 0 Å². The molecule has 0 spiro atoms. The molecule has 5 heteroatoms. The van der Waals surface area contributed by atoms with Gasteiger partial charge in [-0.3, -0.25) is 14.5 Å². The van der Waals surface area contributed by atoms with Gasteiger partial charge < -0.3 is 5.73 Å². The second-order valence-electron chi connectivity index (χ2n) is 5.88. The normalized spacial score (nSPS) is 26.0.